The highest BCUT2D eigenvalue weighted by molar-refractivity contribution is 5.30. The van der Waals surface area contributed by atoms with Gasteiger partial charge in [0, 0.05) is 26.2 Å². The van der Waals surface area contributed by atoms with Crippen LogP contribution < -0.4 is 5.73 Å². The fourth-order valence-electron chi connectivity index (χ4n) is 2.96. The number of rotatable bonds is 2. The van der Waals surface area contributed by atoms with Crippen molar-refractivity contribution in [2.45, 2.75) is 31.5 Å². The summed E-state index contributed by atoms with van der Waals surface area (Å²) < 4.78 is 5.52. The van der Waals surface area contributed by atoms with E-state index in [2.05, 4.69) is 29.2 Å². The molecule has 0 radical (unpaired) electrons. The maximum Gasteiger partial charge on any atom is 0.0658 e. The van der Waals surface area contributed by atoms with E-state index in [9.17, 15) is 0 Å². The molecule has 1 atom stereocenters. The molecule has 0 amide bonds. The van der Waals surface area contributed by atoms with E-state index in [1.807, 2.05) is 0 Å². The van der Waals surface area contributed by atoms with Crippen LogP contribution >= 0.6 is 0 Å². The van der Waals surface area contributed by atoms with Crippen molar-refractivity contribution in [3.8, 4) is 0 Å². The first-order chi connectivity index (χ1) is 8.25. The lowest BCUT2D eigenvalue weighted by molar-refractivity contribution is 0.0202. The van der Waals surface area contributed by atoms with Gasteiger partial charge < -0.3 is 10.5 Å². The molecule has 2 aliphatic heterocycles. The Bertz CT molecular complexity index is 374. The Morgan fingerprint density at radius 1 is 1.24 bits per heavy atom. The molecule has 1 aromatic rings. The van der Waals surface area contributed by atoms with Crippen LogP contribution in [0.25, 0.3) is 0 Å². The monoisotopic (exact) mass is 232 g/mol. The molecule has 0 bridgehead atoms. The van der Waals surface area contributed by atoms with E-state index >= 15 is 0 Å². The first-order valence-corrected chi connectivity index (χ1v) is 6.41. The van der Waals surface area contributed by atoms with Crippen molar-refractivity contribution in [3.05, 3.63) is 35.4 Å². The summed E-state index contributed by atoms with van der Waals surface area (Å²) in [6.45, 7) is 4.60. The highest BCUT2D eigenvalue weighted by Gasteiger charge is 2.32. The Labute approximate surface area is 103 Å². The van der Waals surface area contributed by atoms with Gasteiger partial charge in [-0.2, -0.15) is 0 Å². The Kier molecular flexibility index (Phi) is 2.90. The summed E-state index contributed by atoms with van der Waals surface area (Å²) in [6.07, 6.45) is 2.18. The number of ether oxygens (including phenoxy) is 1. The van der Waals surface area contributed by atoms with Crippen molar-refractivity contribution in [1.82, 2.24) is 4.90 Å². The summed E-state index contributed by atoms with van der Waals surface area (Å²) in [6, 6.07) is 8.67. The molecule has 2 heterocycles. The third-order valence-electron chi connectivity index (χ3n) is 3.80. The van der Waals surface area contributed by atoms with Crippen molar-refractivity contribution < 1.29 is 4.74 Å². The molecule has 1 saturated heterocycles. The first kappa shape index (κ1) is 11.2. The highest BCUT2D eigenvalue weighted by Crippen LogP contribution is 2.25. The van der Waals surface area contributed by atoms with Gasteiger partial charge in [0.1, 0.15) is 0 Å². The lowest BCUT2D eigenvalue weighted by Crippen LogP contribution is -2.54. The number of nitrogens with zero attached hydrogens (tertiary/aromatic N) is 1. The van der Waals surface area contributed by atoms with Crippen LogP contribution in [0.5, 0.6) is 0 Å². The fourth-order valence-corrected chi connectivity index (χ4v) is 2.96. The van der Waals surface area contributed by atoms with Gasteiger partial charge in [-0.1, -0.05) is 24.3 Å². The predicted octanol–water partition coefficient (Wildman–Crippen LogP) is 1.51. The summed E-state index contributed by atoms with van der Waals surface area (Å²) in [7, 11) is 0. The molecule has 0 aliphatic carbocycles. The number of hydrogen-bond donors (Lipinski definition) is 1. The molecule has 17 heavy (non-hydrogen) atoms. The quantitative estimate of drug-likeness (QED) is 0.840. The van der Waals surface area contributed by atoms with Crippen LogP contribution in [-0.2, 0) is 17.8 Å². The van der Waals surface area contributed by atoms with Gasteiger partial charge in [0.25, 0.3) is 0 Å². The Morgan fingerprint density at radius 3 is 2.53 bits per heavy atom. The van der Waals surface area contributed by atoms with E-state index in [1.54, 1.807) is 0 Å². The molecule has 3 heteroatoms. The normalized spacial score (nSPS) is 29.2. The molecule has 92 valence electrons. The van der Waals surface area contributed by atoms with Gasteiger partial charge in [-0.3, -0.25) is 4.90 Å². The Morgan fingerprint density at radius 2 is 1.94 bits per heavy atom. The van der Waals surface area contributed by atoms with Gasteiger partial charge in [0.15, 0.2) is 0 Å². The van der Waals surface area contributed by atoms with Crippen LogP contribution in [-0.4, -0.2) is 30.2 Å². The molecule has 1 aromatic carbocycles. The van der Waals surface area contributed by atoms with Gasteiger partial charge >= 0.3 is 0 Å². The van der Waals surface area contributed by atoms with Crippen molar-refractivity contribution in [2.24, 2.45) is 5.73 Å². The first-order valence-electron chi connectivity index (χ1n) is 6.41. The molecule has 0 spiro atoms. The number of nitrogens with two attached hydrogens (primary N) is 1. The topological polar surface area (TPSA) is 38.5 Å². The zero-order valence-electron chi connectivity index (χ0n) is 10.2. The van der Waals surface area contributed by atoms with Gasteiger partial charge in [0.05, 0.1) is 12.1 Å². The SMILES string of the molecule is NC1(CN2Cc3ccccc3C2)CCCOC1. The molecule has 2 N–H and O–H groups in total. The van der Waals surface area contributed by atoms with E-state index in [0.29, 0.717) is 6.61 Å². The van der Waals surface area contributed by atoms with Crippen LogP contribution in [0.2, 0.25) is 0 Å². The summed E-state index contributed by atoms with van der Waals surface area (Å²) in [5.74, 6) is 0. The molecule has 2 aliphatic rings. The maximum absolute atomic E-state index is 6.41. The van der Waals surface area contributed by atoms with E-state index in [1.165, 1.54) is 11.1 Å². The zero-order valence-corrected chi connectivity index (χ0v) is 10.2. The Hall–Kier alpha value is -0.900. The summed E-state index contributed by atoms with van der Waals surface area (Å²) in [5.41, 5.74) is 9.17. The van der Waals surface area contributed by atoms with Gasteiger partial charge in [-0.25, -0.2) is 0 Å². The van der Waals surface area contributed by atoms with Crippen LogP contribution in [0.3, 0.4) is 0 Å². The largest absolute Gasteiger partial charge is 0.379 e. The van der Waals surface area contributed by atoms with Crippen LogP contribution in [0.15, 0.2) is 24.3 Å². The average molecular weight is 232 g/mol. The van der Waals surface area contributed by atoms with E-state index < -0.39 is 0 Å². The second-order valence-corrected chi connectivity index (χ2v) is 5.43. The summed E-state index contributed by atoms with van der Waals surface area (Å²) in [4.78, 5) is 2.44. The smallest absolute Gasteiger partial charge is 0.0658 e. The third-order valence-corrected chi connectivity index (χ3v) is 3.80. The number of fused-ring (bicyclic) bond motifs is 1. The third kappa shape index (κ3) is 2.37. The lowest BCUT2D eigenvalue weighted by Gasteiger charge is -2.36. The molecule has 0 aromatic heterocycles. The number of benzene rings is 1. The second kappa shape index (κ2) is 4.41. The van der Waals surface area contributed by atoms with E-state index in [4.69, 9.17) is 10.5 Å². The minimum atomic E-state index is -0.139. The molecule has 1 unspecified atom stereocenters. The van der Waals surface area contributed by atoms with Gasteiger partial charge in [0.2, 0.25) is 0 Å². The van der Waals surface area contributed by atoms with Crippen molar-refractivity contribution in [2.75, 3.05) is 19.8 Å². The molecule has 1 fully saturated rings. The molecule has 3 nitrogen and oxygen atoms in total. The van der Waals surface area contributed by atoms with Crippen LogP contribution in [0, 0.1) is 0 Å². The molecule has 3 rings (SSSR count). The Balaban J connectivity index is 1.65. The molecular weight excluding hydrogens is 212 g/mol. The van der Waals surface area contributed by atoms with Gasteiger partial charge in [-0.05, 0) is 24.0 Å². The highest BCUT2D eigenvalue weighted by atomic mass is 16.5. The van der Waals surface area contributed by atoms with Crippen LogP contribution in [0.1, 0.15) is 24.0 Å². The fraction of sp³-hybridized carbons (Fsp3) is 0.571. The van der Waals surface area contributed by atoms with Crippen molar-refractivity contribution in [3.63, 3.8) is 0 Å². The zero-order chi connectivity index (χ0) is 11.7. The standard InChI is InChI=1S/C14H20N2O/c15-14(6-3-7-17-11-14)10-16-8-12-4-1-2-5-13(12)9-16/h1-2,4-5H,3,6-11,15H2. The number of hydrogen-bond acceptors (Lipinski definition) is 3. The summed E-state index contributed by atoms with van der Waals surface area (Å²) in [5, 5.41) is 0. The van der Waals surface area contributed by atoms with Crippen LogP contribution in [0.4, 0.5) is 0 Å². The molecular formula is C14H20N2O. The lowest BCUT2D eigenvalue weighted by atomic mass is 9.93. The van der Waals surface area contributed by atoms with E-state index in [-0.39, 0.29) is 5.54 Å². The second-order valence-electron chi connectivity index (χ2n) is 5.43. The minimum Gasteiger partial charge on any atom is -0.379 e. The average Bonchev–Trinajstić information content (AvgIpc) is 2.71. The van der Waals surface area contributed by atoms with Crippen molar-refractivity contribution >= 4 is 0 Å². The summed E-state index contributed by atoms with van der Waals surface area (Å²) >= 11 is 0. The predicted molar refractivity (Wildman–Crippen MR) is 67.5 cm³/mol. The van der Waals surface area contributed by atoms with Gasteiger partial charge in [-0.15, -0.1) is 0 Å². The van der Waals surface area contributed by atoms with E-state index in [0.717, 1.165) is 39.1 Å². The maximum atomic E-state index is 6.41. The molecule has 0 saturated carbocycles. The minimum absolute atomic E-state index is 0.139. The van der Waals surface area contributed by atoms with Crippen molar-refractivity contribution in [1.29, 1.82) is 0 Å².